The van der Waals surface area contributed by atoms with Gasteiger partial charge in [-0.25, -0.2) is 0 Å². The minimum atomic E-state index is -0.691. The first kappa shape index (κ1) is 23.6. The SMILES string of the molecule is C=C=C(C(N)=O)[C@H](CC1CCC1)NC(=O)[C@@H]1C2[C@H](CN1C(=O)[C@@H](N)C(C)(C)C)C2(C)C. The Kier molecular flexibility index (Phi) is 6.16. The lowest BCUT2D eigenvalue weighted by molar-refractivity contribution is -0.143. The number of hydrogen-bond acceptors (Lipinski definition) is 4. The van der Waals surface area contributed by atoms with E-state index in [1.165, 1.54) is 0 Å². The highest BCUT2D eigenvalue weighted by Gasteiger charge is 2.69. The average molecular weight is 431 g/mol. The van der Waals surface area contributed by atoms with Gasteiger partial charge in [0.1, 0.15) is 6.04 Å². The van der Waals surface area contributed by atoms with Crippen LogP contribution in [0.15, 0.2) is 17.9 Å². The van der Waals surface area contributed by atoms with Gasteiger partial charge >= 0.3 is 0 Å². The number of amides is 3. The molecule has 3 rings (SSSR count). The highest BCUT2D eigenvalue weighted by molar-refractivity contribution is 5.96. The Labute approximate surface area is 185 Å². The maximum absolute atomic E-state index is 13.5. The molecule has 3 aliphatic rings. The van der Waals surface area contributed by atoms with Gasteiger partial charge in [0.2, 0.25) is 11.8 Å². The quantitative estimate of drug-likeness (QED) is 0.421. The van der Waals surface area contributed by atoms with Gasteiger partial charge in [0.25, 0.3) is 5.91 Å². The fourth-order valence-electron chi connectivity index (χ4n) is 5.31. The minimum Gasteiger partial charge on any atom is -0.365 e. The number of hydrogen-bond donors (Lipinski definition) is 3. The van der Waals surface area contributed by atoms with Crippen LogP contribution in [0.3, 0.4) is 0 Å². The normalized spacial score (nSPS) is 28.6. The van der Waals surface area contributed by atoms with Crippen LogP contribution in [0, 0.1) is 28.6 Å². The summed E-state index contributed by atoms with van der Waals surface area (Å²) in [4.78, 5) is 40.4. The van der Waals surface area contributed by atoms with Crippen LogP contribution in [0.2, 0.25) is 0 Å². The minimum absolute atomic E-state index is 0.00508. The number of carbonyl (C=O) groups is 3. The molecule has 172 valence electrons. The Hall–Kier alpha value is -2.11. The summed E-state index contributed by atoms with van der Waals surface area (Å²) in [5.41, 5.74) is 14.2. The third-order valence-electron chi connectivity index (χ3n) is 7.87. The summed E-state index contributed by atoms with van der Waals surface area (Å²) in [6, 6.07) is -1.82. The molecule has 0 spiro atoms. The van der Waals surface area contributed by atoms with Crippen molar-refractivity contribution in [3.05, 3.63) is 17.9 Å². The second-order valence-corrected chi connectivity index (χ2v) is 11.3. The first-order valence-corrected chi connectivity index (χ1v) is 11.4. The second kappa shape index (κ2) is 8.10. The maximum Gasteiger partial charge on any atom is 0.254 e. The van der Waals surface area contributed by atoms with Crippen LogP contribution in [0.4, 0.5) is 0 Å². The number of carbonyl (C=O) groups excluding carboxylic acids is 3. The molecule has 1 unspecified atom stereocenters. The van der Waals surface area contributed by atoms with Crippen molar-refractivity contribution in [2.24, 2.45) is 40.1 Å². The second-order valence-electron chi connectivity index (χ2n) is 11.3. The Balaban J connectivity index is 1.83. The standard InChI is InChI=1S/C24H38N4O3/c1-7-14(20(26)29)16(11-13-9-8-10-13)27-21(30)18-17-15(24(17,5)6)12-28(18)22(31)19(25)23(2,3)4/h13,15-19H,1,8-12,25H2,2-6H3,(H2,26,29)(H,27,30)/t15-,16-,17?,18-,19+/m0/s1. The van der Waals surface area contributed by atoms with Gasteiger partial charge in [-0.1, -0.05) is 60.5 Å². The Bertz CT molecular complexity index is 817. The third kappa shape index (κ3) is 4.31. The molecule has 0 bridgehead atoms. The van der Waals surface area contributed by atoms with Crippen LogP contribution < -0.4 is 16.8 Å². The van der Waals surface area contributed by atoms with E-state index in [1.807, 2.05) is 20.8 Å². The van der Waals surface area contributed by atoms with Gasteiger partial charge in [0.05, 0.1) is 17.7 Å². The number of fused-ring (bicyclic) bond motifs is 1. The van der Waals surface area contributed by atoms with E-state index in [0.29, 0.717) is 18.9 Å². The Morgan fingerprint density at radius 2 is 1.87 bits per heavy atom. The van der Waals surface area contributed by atoms with Crippen LogP contribution in [0.25, 0.3) is 0 Å². The summed E-state index contributed by atoms with van der Waals surface area (Å²) in [6.45, 7) is 14.2. The van der Waals surface area contributed by atoms with E-state index in [-0.39, 0.29) is 34.6 Å². The molecular weight excluding hydrogens is 392 g/mol. The van der Waals surface area contributed by atoms with Crippen LogP contribution in [0.1, 0.15) is 60.3 Å². The molecule has 3 amide bonds. The van der Waals surface area contributed by atoms with Gasteiger partial charge in [-0.3, -0.25) is 14.4 Å². The van der Waals surface area contributed by atoms with Crippen molar-refractivity contribution in [2.45, 2.75) is 78.4 Å². The smallest absolute Gasteiger partial charge is 0.254 e. The summed E-state index contributed by atoms with van der Waals surface area (Å²) < 4.78 is 0. The molecule has 0 aromatic heterocycles. The molecule has 1 heterocycles. The van der Waals surface area contributed by atoms with E-state index in [9.17, 15) is 14.4 Å². The van der Waals surface area contributed by atoms with Gasteiger partial charge in [-0.15, -0.1) is 5.73 Å². The monoisotopic (exact) mass is 430 g/mol. The zero-order valence-corrected chi connectivity index (χ0v) is 19.5. The van der Waals surface area contributed by atoms with Crippen molar-refractivity contribution in [1.82, 2.24) is 10.2 Å². The molecule has 7 heteroatoms. The number of likely N-dealkylation sites (tertiary alicyclic amines) is 1. The molecule has 1 saturated heterocycles. The molecule has 0 radical (unpaired) electrons. The summed E-state index contributed by atoms with van der Waals surface area (Å²) in [5.74, 6) is -0.272. The number of piperidine rings is 1. The molecule has 0 aromatic carbocycles. The molecule has 5 N–H and O–H groups in total. The fraction of sp³-hybridized carbons (Fsp3) is 0.750. The molecular formula is C24H38N4O3. The van der Waals surface area contributed by atoms with Crippen molar-refractivity contribution in [2.75, 3.05) is 6.54 Å². The van der Waals surface area contributed by atoms with E-state index < -0.39 is 29.4 Å². The van der Waals surface area contributed by atoms with Crippen LogP contribution in [-0.4, -0.2) is 47.3 Å². The topological polar surface area (TPSA) is 119 Å². The van der Waals surface area contributed by atoms with Crippen molar-refractivity contribution in [3.8, 4) is 0 Å². The van der Waals surface area contributed by atoms with Gasteiger partial charge in [-0.05, 0) is 35.0 Å². The molecule has 5 atom stereocenters. The number of rotatable bonds is 7. The van der Waals surface area contributed by atoms with Crippen molar-refractivity contribution in [3.63, 3.8) is 0 Å². The Morgan fingerprint density at radius 3 is 2.32 bits per heavy atom. The third-order valence-corrected chi connectivity index (χ3v) is 7.87. The van der Waals surface area contributed by atoms with Gasteiger partial charge < -0.3 is 21.7 Å². The van der Waals surface area contributed by atoms with Gasteiger partial charge in [0, 0.05) is 6.54 Å². The maximum atomic E-state index is 13.5. The summed E-state index contributed by atoms with van der Waals surface area (Å²) in [7, 11) is 0. The lowest BCUT2D eigenvalue weighted by Gasteiger charge is -2.36. The van der Waals surface area contributed by atoms with Crippen LogP contribution >= 0.6 is 0 Å². The van der Waals surface area contributed by atoms with Gasteiger partial charge in [-0.2, -0.15) is 0 Å². The number of nitrogens with one attached hydrogen (secondary N) is 1. The van der Waals surface area contributed by atoms with E-state index in [0.717, 1.165) is 19.3 Å². The van der Waals surface area contributed by atoms with E-state index >= 15 is 0 Å². The van der Waals surface area contributed by atoms with Crippen molar-refractivity contribution in [1.29, 1.82) is 0 Å². The largest absolute Gasteiger partial charge is 0.365 e. The molecule has 3 fully saturated rings. The van der Waals surface area contributed by atoms with Crippen molar-refractivity contribution >= 4 is 17.7 Å². The predicted molar refractivity (Wildman–Crippen MR) is 119 cm³/mol. The lowest BCUT2D eigenvalue weighted by Crippen LogP contribution is -2.58. The van der Waals surface area contributed by atoms with Crippen LogP contribution in [0.5, 0.6) is 0 Å². The van der Waals surface area contributed by atoms with Gasteiger partial charge in [0.15, 0.2) is 0 Å². The first-order valence-electron chi connectivity index (χ1n) is 11.4. The molecule has 0 aromatic rings. The zero-order valence-electron chi connectivity index (χ0n) is 19.5. The van der Waals surface area contributed by atoms with E-state index in [1.54, 1.807) is 4.90 Å². The molecule has 2 aliphatic carbocycles. The average Bonchev–Trinajstić information content (AvgIpc) is 2.99. The van der Waals surface area contributed by atoms with E-state index in [4.69, 9.17) is 11.5 Å². The zero-order chi connectivity index (χ0) is 23.3. The number of nitrogens with two attached hydrogens (primary N) is 2. The Morgan fingerprint density at radius 1 is 1.26 bits per heavy atom. The highest BCUT2D eigenvalue weighted by atomic mass is 16.2. The summed E-state index contributed by atoms with van der Waals surface area (Å²) in [6.07, 6.45) is 3.93. The molecule has 7 nitrogen and oxygen atoms in total. The first-order chi connectivity index (χ1) is 14.3. The molecule has 31 heavy (non-hydrogen) atoms. The predicted octanol–water partition coefficient (Wildman–Crippen LogP) is 1.71. The van der Waals surface area contributed by atoms with Crippen molar-refractivity contribution < 1.29 is 14.4 Å². The van der Waals surface area contributed by atoms with Crippen LogP contribution in [-0.2, 0) is 14.4 Å². The lowest BCUT2D eigenvalue weighted by atomic mass is 9.79. The summed E-state index contributed by atoms with van der Waals surface area (Å²) >= 11 is 0. The molecule has 2 saturated carbocycles. The number of nitrogens with zero attached hydrogens (tertiary/aromatic N) is 1. The number of primary amides is 1. The fourth-order valence-corrected chi connectivity index (χ4v) is 5.31. The highest BCUT2D eigenvalue weighted by Crippen LogP contribution is 2.65. The van der Waals surface area contributed by atoms with E-state index in [2.05, 4.69) is 31.5 Å². The summed E-state index contributed by atoms with van der Waals surface area (Å²) in [5, 5.41) is 3.03. The molecule has 1 aliphatic heterocycles.